The highest BCUT2D eigenvalue weighted by Crippen LogP contribution is 2.36. The van der Waals surface area contributed by atoms with Crippen molar-refractivity contribution >= 4 is 17.8 Å². The molecule has 6 heteroatoms. The maximum atomic E-state index is 12.3. The lowest BCUT2D eigenvalue weighted by molar-refractivity contribution is -0.140. The summed E-state index contributed by atoms with van der Waals surface area (Å²) >= 11 is 0. The fourth-order valence-electron chi connectivity index (χ4n) is 2.92. The maximum Gasteiger partial charge on any atom is 0.341 e. The van der Waals surface area contributed by atoms with Gasteiger partial charge in [0.2, 0.25) is 11.8 Å². The number of methoxy groups -OCH3 is 1. The van der Waals surface area contributed by atoms with E-state index >= 15 is 0 Å². The zero-order valence-corrected chi connectivity index (χ0v) is 11.6. The van der Waals surface area contributed by atoms with Gasteiger partial charge in [0.25, 0.3) is 0 Å². The minimum Gasteiger partial charge on any atom is -0.467 e. The molecule has 1 aromatic heterocycles. The van der Waals surface area contributed by atoms with Crippen LogP contribution in [0.15, 0.2) is 28.9 Å². The molecule has 1 aliphatic heterocycles. The number of fused-ring (bicyclic) bond motifs is 1. The van der Waals surface area contributed by atoms with E-state index in [0.717, 1.165) is 0 Å². The Bertz CT molecular complexity index is 604. The third-order valence-corrected chi connectivity index (χ3v) is 4.05. The molecule has 1 saturated heterocycles. The van der Waals surface area contributed by atoms with Crippen LogP contribution in [0.3, 0.4) is 0 Å². The second kappa shape index (κ2) is 5.20. The van der Waals surface area contributed by atoms with Crippen LogP contribution in [0.25, 0.3) is 0 Å². The molecule has 0 spiro atoms. The molecule has 0 bridgehead atoms. The molecule has 3 rings (SSSR count). The quantitative estimate of drug-likeness (QED) is 0.479. The second-order valence-corrected chi connectivity index (χ2v) is 5.17. The van der Waals surface area contributed by atoms with Crippen LogP contribution < -0.4 is 0 Å². The molecular weight excluding hydrogens is 274 g/mol. The Morgan fingerprint density at radius 3 is 2.48 bits per heavy atom. The molecule has 1 aromatic rings. The Kier molecular flexibility index (Phi) is 3.37. The van der Waals surface area contributed by atoms with E-state index in [2.05, 4.69) is 4.74 Å². The first kappa shape index (κ1) is 13.6. The Hall–Kier alpha value is -2.37. The number of nitrogens with zero attached hydrogens (tertiary/aromatic N) is 1. The van der Waals surface area contributed by atoms with Crippen molar-refractivity contribution in [3.8, 4) is 0 Å². The van der Waals surface area contributed by atoms with E-state index in [1.165, 1.54) is 24.3 Å². The van der Waals surface area contributed by atoms with Crippen LogP contribution in [0, 0.1) is 11.8 Å². The molecule has 2 atom stereocenters. The van der Waals surface area contributed by atoms with E-state index in [-0.39, 0.29) is 41.5 Å². The summed E-state index contributed by atoms with van der Waals surface area (Å²) < 4.78 is 9.89. The van der Waals surface area contributed by atoms with Crippen molar-refractivity contribution in [2.24, 2.45) is 11.8 Å². The number of ether oxygens (including phenoxy) is 1. The highest BCUT2D eigenvalue weighted by Gasteiger charge is 2.47. The lowest BCUT2D eigenvalue weighted by atomic mass is 9.85. The number of hydrogen-bond acceptors (Lipinski definition) is 5. The molecule has 1 aliphatic carbocycles. The lowest BCUT2D eigenvalue weighted by Gasteiger charge is -2.14. The highest BCUT2D eigenvalue weighted by atomic mass is 16.5. The molecule has 1 fully saturated rings. The van der Waals surface area contributed by atoms with Gasteiger partial charge >= 0.3 is 5.97 Å². The number of esters is 1. The third kappa shape index (κ3) is 2.16. The van der Waals surface area contributed by atoms with Gasteiger partial charge in [0.05, 0.1) is 31.8 Å². The van der Waals surface area contributed by atoms with Gasteiger partial charge in [-0.05, 0) is 18.9 Å². The predicted octanol–water partition coefficient (Wildman–Crippen LogP) is 1.52. The van der Waals surface area contributed by atoms with Crippen molar-refractivity contribution in [3.05, 3.63) is 35.8 Å². The first-order valence-electron chi connectivity index (χ1n) is 6.78. The smallest absolute Gasteiger partial charge is 0.341 e. The largest absolute Gasteiger partial charge is 0.467 e. The first-order valence-corrected chi connectivity index (χ1v) is 6.78. The van der Waals surface area contributed by atoms with Gasteiger partial charge in [-0.3, -0.25) is 14.5 Å². The summed E-state index contributed by atoms with van der Waals surface area (Å²) in [7, 11) is 1.27. The number of carbonyl (C=O) groups is 3. The van der Waals surface area contributed by atoms with Crippen LogP contribution >= 0.6 is 0 Å². The van der Waals surface area contributed by atoms with E-state index in [1.807, 2.05) is 12.2 Å². The van der Waals surface area contributed by atoms with Crippen LogP contribution in [0.4, 0.5) is 0 Å². The first-order chi connectivity index (χ1) is 10.1. The van der Waals surface area contributed by atoms with Gasteiger partial charge in [-0.1, -0.05) is 12.2 Å². The Morgan fingerprint density at radius 2 is 1.90 bits per heavy atom. The maximum absolute atomic E-state index is 12.3. The number of furan rings is 1. The van der Waals surface area contributed by atoms with Crippen LogP contribution in [0.2, 0.25) is 0 Å². The summed E-state index contributed by atoms with van der Waals surface area (Å²) in [5.41, 5.74) is 0.242. The normalized spacial score (nSPS) is 24.3. The number of imide groups is 1. The zero-order valence-electron chi connectivity index (χ0n) is 11.6. The van der Waals surface area contributed by atoms with Crippen molar-refractivity contribution in [2.75, 3.05) is 7.11 Å². The van der Waals surface area contributed by atoms with Gasteiger partial charge in [0.15, 0.2) is 0 Å². The van der Waals surface area contributed by atoms with Gasteiger partial charge in [-0.2, -0.15) is 0 Å². The van der Waals surface area contributed by atoms with E-state index in [1.54, 1.807) is 0 Å². The number of likely N-dealkylation sites (tertiary alicyclic amines) is 1. The number of carbonyl (C=O) groups excluding carboxylic acids is 3. The van der Waals surface area contributed by atoms with E-state index in [9.17, 15) is 14.4 Å². The molecule has 2 unspecified atom stereocenters. The topological polar surface area (TPSA) is 76.8 Å². The van der Waals surface area contributed by atoms with Crippen molar-refractivity contribution in [1.82, 2.24) is 4.90 Å². The number of amides is 2. The van der Waals surface area contributed by atoms with Crippen LogP contribution in [-0.2, 0) is 20.9 Å². The molecule has 2 aliphatic rings. The lowest BCUT2D eigenvalue weighted by Crippen LogP contribution is -2.31. The van der Waals surface area contributed by atoms with Gasteiger partial charge in [-0.25, -0.2) is 4.79 Å². The summed E-state index contributed by atoms with van der Waals surface area (Å²) in [5.74, 6) is -1.21. The molecule has 0 radical (unpaired) electrons. The van der Waals surface area contributed by atoms with Gasteiger partial charge < -0.3 is 9.15 Å². The summed E-state index contributed by atoms with van der Waals surface area (Å²) in [6, 6.07) is 1.47. The zero-order chi connectivity index (χ0) is 15.0. The molecule has 0 N–H and O–H groups in total. The summed E-state index contributed by atoms with van der Waals surface area (Å²) in [6.45, 7) is -0.0257. The van der Waals surface area contributed by atoms with Gasteiger partial charge in [0, 0.05) is 0 Å². The van der Waals surface area contributed by atoms with Crippen LogP contribution in [0.5, 0.6) is 0 Å². The second-order valence-electron chi connectivity index (χ2n) is 5.17. The van der Waals surface area contributed by atoms with Crippen molar-refractivity contribution < 1.29 is 23.5 Å². The molecule has 0 saturated carbocycles. The monoisotopic (exact) mass is 289 g/mol. The van der Waals surface area contributed by atoms with E-state index in [0.29, 0.717) is 12.8 Å². The number of hydrogen-bond donors (Lipinski definition) is 0. The number of rotatable bonds is 3. The number of allylic oxidation sites excluding steroid dienone is 2. The predicted molar refractivity (Wildman–Crippen MR) is 71.0 cm³/mol. The van der Waals surface area contributed by atoms with Crippen molar-refractivity contribution in [3.63, 3.8) is 0 Å². The summed E-state index contributed by atoms with van der Waals surface area (Å²) in [5, 5.41) is 0. The standard InChI is InChI=1S/C15H15NO5/c1-20-15(19)11-6-7-21-12(11)8-16-13(17)9-4-2-3-5-10(9)14(16)18/h2-3,6-7,9-10H,4-5,8H2,1H3. The molecule has 21 heavy (non-hydrogen) atoms. The molecule has 110 valence electrons. The summed E-state index contributed by atoms with van der Waals surface area (Å²) in [6.07, 6.45) is 6.40. The van der Waals surface area contributed by atoms with Gasteiger partial charge in [-0.15, -0.1) is 0 Å². The van der Waals surface area contributed by atoms with Crippen LogP contribution in [-0.4, -0.2) is 29.8 Å². The molecule has 6 nitrogen and oxygen atoms in total. The average molecular weight is 289 g/mol. The minimum absolute atomic E-state index is 0.0257. The fourth-order valence-corrected chi connectivity index (χ4v) is 2.92. The SMILES string of the molecule is COC(=O)c1ccoc1CN1C(=O)C2CC=CCC2C1=O. The van der Waals surface area contributed by atoms with Crippen LogP contribution in [0.1, 0.15) is 29.0 Å². The molecule has 2 heterocycles. The molecule has 2 amide bonds. The van der Waals surface area contributed by atoms with Crippen molar-refractivity contribution in [2.45, 2.75) is 19.4 Å². The molecular formula is C15H15NO5. The Morgan fingerprint density at radius 1 is 1.29 bits per heavy atom. The Balaban J connectivity index is 1.83. The van der Waals surface area contributed by atoms with Crippen molar-refractivity contribution in [1.29, 1.82) is 0 Å². The average Bonchev–Trinajstić information content (AvgIpc) is 3.06. The van der Waals surface area contributed by atoms with Gasteiger partial charge in [0.1, 0.15) is 11.3 Å². The van der Waals surface area contributed by atoms with E-state index in [4.69, 9.17) is 4.42 Å². The fraction of sp³-hybridized carbons (Fsp3) is 0.400. The summed E-state index contributed by atoms with van der Waals surface area (Å²) in [4.78, 5) is 37.5. The molecule has 0 aromatic carbocycles. The Labute approximate surface area is 121 Å². The van der Waals surface area contributed by atoms with E-state index < -0.39 is 5.97 Å². The highest BCUT2D eigenvalue weighted by molar-refractivity contribution is 6.05. The minimum atomic E-state index is -0.545. The third-order valence-electron chi connectivity index (χ3n) is 4.05.